The number of rotatable bonds is 3. The Hall–Kier alpha value is -0.290. The Morgan fingerprint density at radius 2 is 1.94 bits per heavy atom. The maximum absolute atomic E-state index is 6.03. The van der Waals surface area contributed by atoms with Crippen LogP contribution in [-0.2, 0) is 4.74 Å². The quantitative estimate of drug-likeness (QED) is 0.787. The van der Waals surface area contributed by atoms with Crippen molar-refractivity contribution in [3.63, 3.8) is 0 Å². The van der Waals surface area contributed by atoms with Crippen LogP contribution in [0, 0.1) is 3.57 Å². The van der Waals surface area contributed by atoms with Gasteiger partial charge in [-0.25, -0.2) is 0 Å². The molecule has 2 rings (SSSR count). The molecule has 1 fully saturated rings. The molecule has 1 aromatic rings. The summed E-state index contributed by atoms with van der Waals surface area (Å²) < 4.78 is 12.6. The molecule has 0 aromatic heterocycles. The van der Waals surface area contributed by atoms with Crippen LogP contribution < -0.4 is 4.74 Å². The van der Waals surface area contributed by atoms with E-state index < -0.39 is 0 Å². The number of hydrogen-bond donors (Lipinski definition) is 0. The molecule has 1 aliphatic rings. The highest BCUT2D eigenvalue weighted by Gasteiger charge is 2.23. The van der Waals surface area contributed by atoms with E-state index in [2.05, 4.69) is 28.7 Å². The molecule has 0 amide bonds. The summed E-state index contributed by atoms with van der Waals surface area (Å²) in [5, 5.41) is 0. The van der Waals surface area contributed by atoms with Crippen LogP contribution in [0.15, 0.2) is 24.3 Å². The highest BCUT2D eigenvalue weighted by molar-refractivity contribution is 14.1. The lowest BCUT2D eigenvalue weighted by atomic mass is 9.95. The maximum Gasteiger partial charge on any atom is 0.133 e. The Balaban J connectivity index is 1.97. The van der Waals surface area contributed by atoms with E-state index in [0.717, 1.165) is 18.6 Å². The van der Waals surface area contributed by atoms with Crippen LogP contribution >= 0.6 is 22.6 Å². The molecule has 88 valence electrons. The maximum atomic E-state index is 6.03. The molecular weight excluding hydrogens is 315 g/mol. The number of hydrogen-bond acceptors (Lipinski definition) is 2. The summed E-state index contributed by atoms with van der Waals surface area (Å²) in [6.07, 6.45) is 5.22. The van der Waals surface area contributed by atoms with Gasteiger partial charge in [0.15, 0.2) is 0 Å². The van der Waals surface area contributed by atoms with Crippen LogP contribution in [0.3, 0.4) is 0 Å². The summed E-state index contributed by atoms with van der Waals surface area (Å²) in [5.41, 5.74) is 0. The summed E-state index contributed by atoms with van der Waals surface area (Å²) in [5.74, 6) is 1.00. The van der Waals surface area contributed by atoms with Gasteiger partial charge in [0.1, 0.15) is 11.9 Å². The summed E-state index contributed by atoms with van der Waals surface area (Å²) in [6, 6.07) is 8.17. The fourth-order valence-electron chi connectivity index (χ4n) is 2.14. The number of para-hydroxylation sites is 1. The van der Waals surface area contributed by atoms with E-state index >= 15 is 0 Å². The average Bonchev–Trinajstić information content (AvgIpc) is 2.32. The SMILES string of the molecule is COC1CCCC(Oc2ccccc2I)C1. The molecule has 0 radical (unpaired) electrons. The zero-order chi connectivity index (χ0) is 11.4. The van der Waals surface area contributed by atoms with Crippen LogP contribution in [0.4, 0.5) is 0 Å². The third-order valence-electron chi connectivity index (χ3n) is 3.04. The molecule has 0 aliphatic heterocycles. The average molecular weight is 332 g/mol. The fraction of sp³-hybridized carbons (Fsp3) is 0.538. The van der Waals surface area contributed by atoms with Crippen LogP contribution in [0.25, 0.3) is 0 Å². The monoisotopic (exact) mass is 332 g/mol. The highest BCUT2D eigenvalue weighted by atomic mass is 127. The first kappa shape index (κ1) is 12.2. The zero-order valence-electron chi connectivity index (χ0n) is 9.49. The Morgan fingerprint density at radius 1 is 1.19 bits per heavy atom. The summed E-state index contributed by atoms with van der Waals surface area (Å²) in [7, 11) is 1.79. The predicted octanol–water partition coefficient (Wildman–Crippen LogP) is 3.63. The summed E-state index contributed by atoms with van der Waals surface area (Å²) in [6.45, 7) is 0. The van der Waals surface area contributed by atoms with Crippen molar-refractivity contribution in [2.75, 3.05) is 7.11 Å². The van der Waals surface area contributed by atoms with Gasteiger partial charge in [-0.3, -0.25) is 0 Å². The first-order chi connectivity index (χ1) is 7.79. The van der Waals surface area contributed by atoms with Crippen LogP contribution in [0.5, 0.6) is 5.75 Å². The summed E-state index contributed by atoms with van der Waals surface area (Å²) in [4.78, 5) is 0. The minimum atomic E-state index is 0.314. The van der Waals surface area contributed by atoms with Gasteiger partial charge in [0.05, 0.1) is 9.67 Å². The molecule has 3 heteroatoms. The van der Waals surface area contributed by atoms with Crippen molar-refractivity contribution < 1.29 is 9.47 Å². The molecule has 16 heavy (non-hydrogen) atoms. The first-order valence-electron chi connectivity index (χ1n) is 5.73. The molecule has 2 atom stereocenters. The lowest BCUT2D eigenvalue weighted by Gasteiger charge is -2.28. The van der Waals surface area contributed by atoms with Crippen molar-refractivity contribution in [1.82, 2.24) is 0 Å². The molecule has 1 aliphatic carbocycles. The molecule has 0 saturated heterocycles. The third kappa shape index (κ3) is 3.10. The van der Waals surface area contributed by atoms with E-state index in [1.807, 2.05) is 18.2 Å². The van der Waals surface area contributed by atoms with Crippen LogP contribution in [-0.4, -0.2) is 19.3 Å². The number of methoxy groups -OCH3 is 1. The Bertz CT molecular complexity index is 340. The Kier molecular flexibility index (Phi) is 4.46. The van der Waals surface area contributed by atoms with Crippen LogP contribution in [0.1, 0.15) is 25.7 Å². The second-order valence-electron chi connectivity index (χ2n) is 4.19. The smallest absolute Gasteiger partial charge is 0.133 e. The van der Waals surface area contributed by atoms with Crippen molar-refractivity contribution in [3.8, 4) is 5.75 Å². The van der Waals surface area contributed by atoms with Gasteiger partial charge in [0, 0.05) is 13.5 Å². The van der Waals surface area contributed by atoms with Gasteiger partial charge >= 0.3 is 0 Å². The van der Waals surface area contributed by atoms with E-state index in [0.29, 0.717) is 12.2 Å². The van der Waals surface area contributed by atoms with E-state index in [1.165, 1.54) is 16.4 Å². The Morgan fingerprint density at radius 3 is 2.69 bits per heavy atom. The molecule has 0 spiro atoms. The predicted molar refractivity (Wildman–Crippen MR) is 72.8 cm³/mol. The second-order valence-corrected chi connectivity index (χ2v) is 5.36. The standard InChI is InChI=1S/C13H17IO2/c1-15-10-5-4-6-11(9-10)16-13-8-3-2-7-12(13)14/h2-3,7-8,10-11H,4-6,9H2,1H3. The van der Waals surface area contributed by atoms with Crippen LogP contribution in [0.2, 0.25) is 0 Å². The lowest BCUT2D eigenvalue weighted by Crippen LogP contribution is -2.29. The van der Waals surface area contributed by atoms with Crippen molar-refractivity contribution in [2.45, 2.75) is 37.9 Å². The normalized spacial score (nSPS) is 25.4. The molecule has 0 N–H and O–H groups in total. The largest absolute Gasteiger partial charge is 0.489 e. The zero-order valence-corrected chi connectivity index (χ0v) is 11.6. The molecule has 2 nitrogen and oxygen atoms in total. The first-order valence-corrected chi connectivity index (χ1v) is 6.81. The van der Waals surface area contributed by atoms with Crippen molar-refractivity contribution >= 4 is 22.6 Å². The van der Waals surface area contributed by atoms with E-state index in [-0.39, 0.29) is 0 Å². The van der Waals surface area contributed by atoms with Crippen molar-refractivity contribution in [2.24, 2.45) is 0 Å². The van der Waals surface area contributed by atoms with Gasteiger partial charge in [-0.2, -0.15) is 0 Å². The van der Waals surface area contributed by atoms with Crippen molar-refractivity contribution in [3.05, 3.63) is 27.8 Å². The second kappa shape index (κ2) is 5.87. The molecule has 0 heterocycles. The fourth-order valence-corrected chi connectivity index (χ4v) is 2.66. The molecule has 0 bridgehead atoms. The topological polar surface area (TPSA) is 18.5 Å². The third-order valence-corrected chi connectivity index (χ3v) is 3.93. The summed E-state index contributed by atoms with van der Waals surface area (Å²) >= 11 is 2.31. The van der Waals surface area contributed by atoms with Gasteiger partial charge in [-0.15, -0.1) is 0 Å². The number of benzene rings is 1. The van der Waals surface area contributed by atoms with E-state index in [9.17, 15) is 0 Å². The van der Waals surface area contributed by atoms with Gasteiger partial charge < -0.3 is 9.47 Å². The minimum Gasteiger partial charge on any atom is -0.489 e. The van der Waals surface area contributed by atoms with E-state index in [4.69, 9.17) is 9.47 Å². The molecule has 2 unspecified atom stereocenters. The number of halogens is 1. The highest BCUT2D eigenvalue weighted by Crippen LogP contribution is 2.27. The Labute approximate surface area is 110 Å². The minimum absolute atomic E-state index is 0.314. The lowest BCUT2D eigenvalue weighted by molar-refractivity contribution is 0.0207. The van der Waals surface area contributed by atoms with Gasteiger partial charge in [-0.1, -0.05) is 12.1 Å². The number of ether oxygens (including phenoxy) is 2. The molecule has 1 saturated carbocycles. The van der Waals surface area contributed by atoms with Gasteiger partial charge in [-0.05, 0) is 54.0 Å². The van der Waals surface area contributed by atoms with E-state index in [1.54, 1.807) is 7.11 Å². The molecule has 1 aromatic carbocycles. The van der Waals surface area contributed by atoms with Gasteiger partial charge in [0.2, 0.25) is 0 Å². The molecular formula is C13H17IO2. The van der Waals surface area contributed by atoms with Crippen molar-refractivity contribution in [1.29, 1.82) is 0 Å². The van der Waals surface area contributed by atoms with Gasteiger partial charge in [0.25, 0.3) is 0 Å².